The van der Waals surface area contributed by atoms with Crippen molar-refractivity contribution in [3.63, 3.8) is 0 Å². The van der Waals surface area contributed by atoms with E-state index >= 15 is 0 Å². The van der Waals surface area contributed by atoms with Gasteiger partial charge in [0.2, 0.25) is 12.3 Å². The Morgan fingerprint density at radius 1 is 1.67 bits per heavy atom. The molecular weight excluding hydrogens is 218 g/mol. The maximum Gasteiger partial charge on any atom is 0.226 e. The Hall–Kier alpha value is -1.76. The first-order chi connectivity index (χ1) is 7.10. The van der Waals surface area contributed by atoms with Crippen molar-refractivity contribution in [3.05, 3.63) is 11.1 Å². The zero-order valence-corrected chi connectivity index (χ0v) is 8.73. The van der Waals surface area contributed by atoms with Gasteiger partial charge in [0.25, 0.3) is 0 Å². The molecule has 0 fully saturated rings. The number of carbonyl (C=O) groups excluding carboxylic acids is 3. The molecule has 0 saturated carbocycles. The molecule has 0 saturated heterocycles. The van der Waals surface area contributed by atoms with Crippen molar-refractivity contribution in [1.82, 2.24) is 9.88 Å². The predicted molar refractivity (Wildman–Crippen MR) is 53.9 cm³/mol. The van der Waals surface area contributed by atoms with Crippen LogP contribution in [0.4, 0.5) is 5.13 Å². The lowest BCUT2D eigenvalue weighted by atomic mass is 10.2. The standard InChI is InChI=1S/C8H9N3O3S/c1-5(14)11(4-13)7(2-12)6-3-15-8(9)10-6/h2-4,7H,1H3,(H2,9,10). The van der Waals surface area contributed by atoms with Crippen LogP contribution in [0.5, 0.6) is 0 Å². The summed E-state index contributed by atoms with van der Waals surface area (Å²) < 4.78 is 0. The van der Waals surface area contributed by atoms with E-state index in [-0.39, 0.29) is 5.13 Å². The SMILES string of the molecule is CC(=O)N(C=O)C(C=O)c1csc(N)n1. The third-order valence-corrected chi connectivity index (χ3v) is 2.44. The quantitative estimate of drug-likeness (QED) is 0.729. The Morgan fingerprint density at radius 2 is 2.33 bits per heavy atom. The smallest absolute Gasteiger partial charge is 0.226 e. The van der Waals surface area contributed by atoms with Gasteiger partial charge in [-0.3, -0.25) is 14.5 Å². The number of hydrogen-bond acceptors (Lipinski definition) is 6. The van der Waals surface area contributed by atoms with Gasteiger partial charge >= 0.3 is 0 Å². The highest BCUT2D eigenvalue weighted by Gasteiger charge is 2.23. The van der Waals surface area contributed by atoms with Crippen LogP contribution in [0, 0.1) is 0 Å². The van der Waals surface area contributed by atoms with Gasteiger partial charge in [0, 0.05) is 12.3 Å². The molecule has 0 bridgehead atoms. The molecule has 0 aliphatic rings. The summed E-state index contributed by atoms with van der Waals surface area (Å²) in [5.74, 6) is -0.520. The van der Waals surface area contributed by atoms with Crippen LogP contribution in [0.25, 0.3) is 0 Å². The van der Waals surface area contributed by atoms with Gasteiger partial charge in [-0.15, -0.1) is 11.3 Å². The molecule has 2 amide bonds. The number of amides is 2. The second kappa shape index (κ2) is 4.65. The number of nitrogens with zero attached hydrogens (tertiary/aromatic N) is 2. The Morgan fingerprint density at radius 3 is 2.67 bits per heavy atom. The van der Waals surface area contributed by atoms with Crippen LogP contribution < -0.4 is 5.73 Å². The van der Waals surface area contributed by atoms with Gasteiger partial charge in [-0.2, -0.15) is 0 Å². The number of anilines is 1. The molecule has 1 aromatic rings. The van der Waals surface area contributed by atoms with Gasteiger partial charge in [0.1, 0.15) is 12.3 Å². The van der Waals surface area contributed by atoms with E-state index in [4.69, 9.17) is 5.73 Å². The lowest BCUT2D eigenvalue weighted by molar-refractivity contribution is -0.141. The number of aromatic nitrogens is 1. The molecule has 7 heteroatoms. The van der Waals surface area contributed by atoms with E-state index in [0.717, 1.165) is 16.2 Å². The minimum Gasteiger partial charge on any atom is -0.375 e. The van der Waals surface area contributed by atoms with Gasteiger partial charge in [-0.1, -0.05) is 0 Å². The highest BCUT2D eigenvalue weighted by molar-refractivity contribution is 7.13. The van der Waals surface area contributed by atoms with E-state index in [1.165, 1.54) is 12.3 Å². The highest BCUT2D eigenvalue weighted by atomic mass is 32.1. The molecule has 6 nitrogen and oxygen atoms in total. The summed E-state index contributed by atoms with van der Waals surface area (Å²) in [6, 6.07) is -0.992. The zero-order valence-electron chi connectivity index (χ0n) is 7.91. The van der Waals surface area contributed by atoms with Crippen molar-refractivity contribution in [2.45, 2.75) is 13.0 Å². The van der Waals surface area contributed by atoms with Crippen molar-refractivity contribution in [2.75, 3.05) is 5.73 Å². The van der Waals surface area contributed by atoms with Crippen LogP contribution in [-0.4, -0.2) is 28.5 Å². The number of aldehydes is 1. The van der Waals surface area contributed by atoms with E-state index in [2.05, 4.69) is 4.98 Å². The number of nitrogen functional groups attached to an aromatic ring is 1. The van der Waals surface area contributed by atoms with Gasteiger partial charge in [0.15, 0.2) is 5.13 Å². The van der Waals surface area contributed by atoms with Gasteiger partial charge < -0.3 is 10.5 Å². The summed E-state index contributed by atoms with van der Waals surface area (Å²) in [6.45, 7) is 1.20. The first-order valence-electron chi connectivity index (χ1n) is 4.00. The Labute approximate surface area is 89.7 Å². The molecule has 1 rings (SSSR count). The molecule has 80 valence electrons. The molecule has 1 aromatic heterocycles. The summed E-state index contributed by atoms with van der Waals surface area (Å²) >= 11 is 1.14. The summed E-state index contributed by atoms with van der Waals surface area (Å²) in [5.41, 5.74) is 5.69. The van der Waals surface area contributed by atoms with Crippen LogP contribution in [-0.2, 0) is 14.4 Å². The molecule has 0 aliphatic heterocycles. The normalized spacial score (nSPS) is 11.8. The van der Waals surface area contributed by atoms with Gasteiger partial charge in [0.05, 0.1) is 5.69 Å². The fourth-order valence-corrected chi connectivity index (χ4v) is 1.64. The van der Waals surface area contributed by atoms with Crippen molar-refractivity contribution in [3.8, 4) is 0 Å². The van der Waals surface area contributed by atoms with Crippen LogP contribution in [0.15, 0.2) is 5.38 Å². The largest absolute Gasteiger partial charge is 0.375 e. The number of hydrogen-bond donors (Lipinski definition) is 1. The van der Waals surface area contributed by atoms with Crippen molar-refractivity contribution in [2.24, 2.45) is 0 Å². The molecule has 0 aliphatic carbocycles. The van der Waals surface area contributed by atoms with E-state index in [1.54, 1.807) is 0 Å². The van der Waals surface area contributed by atoms with Gasteiger partial charge in [-0.25, -0.2) is 4.98 Å². The van der Waals surface area contributed by atoms with Crippen molar-refractivity contribution < 1.29 is 14.4 Å². The highest BCUT2D eigenvalue weighted by Crippen LogP contribution is 2.21. The van der Waals surface area contributed by atoms with Gasteiger partial charge in [-0.05, 0) is 0 Å². The molecule has 15 heavy (non-hydrogen) atoms. The average Bonchev–Trinajstić information content (AvgIpc) is 2.60. The van der Waals surface area contributed by atoms with Crippen LogP contribution in [0.1, 0.15) is 18.7 Å². The molecular formula is C8H9N3O3S. The van der Waals surface area contributed by atoms with E-state index in [9.17, 15) is 14.4 Å². The lowest BCUT2D eigenvalue weighted by Crippen LogP contribution is -2.32. The van der Waals surface area contributed by atoms with E-state index in [0.29, 0.717) is 18.4 Å². The minimum absolute atomic E-state index is 0.284. The second-order valence-corrected chi connectivity index (χ2v) is 3.61. The van der Waals surface area contributed by atoms with Crippen LogP contribution in [0.3, 0.4) is 0 Å². The molecule has 1 heterocycles. The molecule has 1 unspecified atom stereocenters. The van der Waals surface area contributed by atoms with Crippen molar-refractivity contribution >= 4 is 35.1 Å². The Bertz CT molecular complexity index is 390. The third-order valence-electron chi connectivity index (χ3n) is 1.75. The monoisotopic (exact) mass is 227 g/mol. The number of nitrogens with two attached hydrogens (primary N) is 1. The second-order valence-electron chi connectivity index (χ2n) is 2.72. The maximum absolute atomic E-state index is 11.0. The summed E-state index contributed by atoms with van der Waals surface area (Å²) in [6.07, 6.45) is 0.779. The molecule has 0 spiro atoms. The summed E-state index contributed by atoms with van der Waals surface area (Å²) in [7, 11) is 0. The Kier molecular flexibility index (Phi) is 3.51. The maximum atomic E-state index is 11.0. The molecule has 1 atom stereocenters. The topological polar surface area (TPSA) is 93.4 Å². The fraction of sp³-hybridized carbons (Fsp3) is 0.250. The minimum atomic E-state index is -0.992. The fourth-order valence-electron chi connectivity index (χ4n) is 1.05. The molecule has 0 radical (unpaired) electrons. The third kappa shape index (κ3) is 2.38. The predicted octanol–water partition coefficient (Wildman–Crippen LogP) is -0.0298. The average molecular weight is 227 g/mol. The van der Waals surface area contributed by atoms with E-state index < -0.39 is 11.9 Å². The first-order valence-corrected chi connectivity index (χ1v) is 4.88. The number of rotatable bonds is 4. The Balaban J connectivity index is 3.01. The van der Waals surface area contributed by atoms with E-state index in [1.807, 2.05) is 0 Å². The summed E-state index contributed by atoms with van der Waals surface area (Å²) in [4.78, 5) is 37.1. The van der Waals surface area contributed by atoms with Crippen molar-refractivity contribution in [1.29, 1.82) is 0 Å². The summed E-state index contributed by atoms with van der Waals surface area (Å²) in [5, 5.41) is 1.82. The molecule has 2 N–H and O–H groups in total. The first kappa shape index (κ1) is 11.3. The lowest BCUT2D eigenvalue weighted by Gasteiger charge is -2.18. The van der Waals surface area contributed by atoms with Crippen LogP contribution in [0.2, 0.25) is 0 Å². The molecule has 0 aromatic carbocycles. The zero-order chi connectivity index (χ0) is 11.4. The number of thiazole rings is 1. The van der Waals surface area contributed by atoms with Crippen LogP contribution >= 0.6 is 11.3 Å². The number of carbonyl (C=O) groups is 3. The number of imide groups is 1.